The van der Waals surface area contributed by atoms with Gasteiger partial charge in [-0.2, -0.15) is 13.2 Å². The summed E-state index contributed by atoms with van der Waals surface area (Å²) in [5, 5.41) is 19.0. The summed E-state index contributed by atoms with van der Waals surface area (Å²) in [7, 11) is 0. The van der Waals surface area contributed by atoms with Gasteiger partial charge in [0, 0.05) is 6.20 Å². The molecule has 2 N–H and O–H groups in total. The van der Waals surface area contributed by atoms with Crippen LogP contribution in [-0.4, -0.2) is 20.8 Å². The molecule has 1 aliphatic rings. The Morgan fingerprint density at radius 2 is 1.94 bits per heavy atom. The van der Waals surface area contributed by atoms with Gasteiger partial charge in [-0.1, -0.05) is 12.8 Å². The van der Waals surface area contributed by atoms with E-state index in [0.717, 1.165) is 19.0 Å². The van der Waals surface area contributed by atoms with Crippen LogP contribution in [0.15, 0.2) is 6.20 Å². The zero-order valence-corrected chi connectivity index (χ0v) is 9.68. The Hall–Kier alpha value is -0.660. The second-order valence-corrected chi connectivity index (χ2v) is 5.34. The van der Waals surface area contributed by atoms with Crippen LogP contribution in [0.3, 0.4) is 0 Å². The summed E-state index contributed by atoms with van der Waals surface area (Å²) >= 11 is 0.387. The summed E-state index contributed by atoms with van der Waals surface area (Å²) in [6.45, 7) is 0. The minimum absolute atomic E-state index is 0.0710. The number of halogens is 3. The standard InChI is InChI=1S/C10H12F3NO2S/c11-10(12,13)8-14-5-6(17-8)7(15)9(16)3-1-2-4-9/h5,7,15-16H,1-4H2. The maximum Gasteiger partial charge on any atom is 0.443 e. The molecule has 17 heavy (non-hydrogen) atoms. The van der Waals surface area contributed by atoms with Gasteiger partial charge < -0.3 is 10.2 Å². The van der Waals surface area contributed by atoms with Crippen molar-refractivity contribution in [1.82, 2.24) is 4.98 Å². The Labute approximate surface area is 99.9 Å². The highest BCUT2D eigenvalue weighted by Gasteiger charge is 2.42. The molecule has 1 atom stereocenters. The van der Waals surface area contributed by atoms with E-state index in [4.69, 9.17) is 0 Å². The first-order valence-corrected chi connectivity index (χ1v) is 6.08. The minimum Gasteiger partial charge on any atom is -0.387 e. The fourth-order valence-corrected chi connectivity index (χ4v) is 2.95. The lowest BCUT2D eigenvalue weighted by molar-refractivity contribution is -0.137. The third-order valence-corrected chi connectivity index (χ3v) is 4.11. The molecule has 1 fully saturated rings. The third kappa shape index (κ3) is 2.46. The molecule has 1 heterocycles. The van der Waals surface area contributed by atoms with Crippen LogP contribution < -0.4 is 0 Å². The molecule has 2 rings (SSSR count). The molecule has 0 radical (unpaired) electrons. The molecule has 0 bridgehead atoms. The lowest BCUT2D eigenvalue weighted by atomic mass is 9.94. The monoisotopic (exact) mass is 267 g/mol. The summed E-state index contributed by atoms with van der Waals surface area (Å²) in [6.07, 6.45) is -2.41. The summed E-state index contributed by atoms with van der Waals surface area (Å²) in [5.41, 5.74) is -1.30. The molecule has 1 unspecified atom stereocenters. The van der Waals surface area contributed by atoms with E-state index in [1.165, 1.54) is 0 Å². The molecule has 0 saturated heterocycles. The van der Waals surface area contributed by atoms with Crippen molar-refractivity contribution in [3.05, 3.63) is 16.1 Å². The first kappa shape index (κ1) is 12.8. The third-order valence-electron chi connectivity index (χ3n) is 3.01. The van der Waals surface area contributed by atoms with Crippen molar-refractivity contribution < 1.29 is 23.4 Å². The van der Waals surface area contributed by atoms with Crippen LogP contribution in [0, 0.1) is 0 Å². The maximum absolute atomic E-state index is 12.3. The molecule has 1 saturated carbocycles. The number of thiazole rings is 1. The van der Waals surface area contributed by atoms with Crippen LogP contribution >= 0.6 is 11.3 Å². The molecule has 1 aromatic rings. The van der Waals surface area contributed by atoms with Gasteiger partial charge in [-0.15, -0.1) is 11.3 Å². The van der Waals surface area contributed by atoms with E-state index in [9.17, 15) is 23.4 Å². The topological polar surface area (TPSA) is 53.4 Å². The molecule has 1 aliphatic carbocycles. The predicted octanol–water partition coefficient (Wildman–Crippen LogP) is 2.50. The highest BCUT2D eigenvalue weighted by atomic mass is 32.1. The van der Waals surface area contributed by atoms with Crippen LogP contribution in [0.5, 0.6) is 0 Å². The molecule has 0 aromatic carbocycles. The van der Waals surface area contributed by atoms with Gasteiger partial charge in [0.05, 0.1) is 10.5 Å². The summed E-state index contributed by atoms with van der Waals surface area (Å²) in [6, 6.07) is 0. The average Bonchev–Trinajstić information content (AvgIpc) is 2.84. The first-order valence-electron chi connectivity index (χ1n) is 5.26. The second-order valence-electron chi connectivity index (χ2n) is 4.28. The van der Waals surface area contributed by atoms with E-state index in [1.807, 2.05) is 0 Å². The Kier molecular flexibility index (Phi) is 3.17. The van der Waals surface area contributed by atoms with E-state index in [-0.39, 0.29) is 4.88 Å². The molecule has 0 amide bonds. The van der Waals surface area contributed by atoms with Gasteiger partial charge in [-0.25, -0.2) is 4.98 Å². The Bertz CT molecular complexity index is 399. The largest absolute Gasteiger partial charge is 0.443 e. The van der Waals surface area contributed by atoms with Gasteiger partial charge >= 0.3 is 6.18 Å². The smallest absolute Gasteiger partial charge is 0.387 e. The molecule has 3 nitrogen and oxygen atoms in total. The average molecular weight is 267 g/mol. The van der Waals surface area contributed by atoms with Crippen LogP contribution in [0.4, 0.5) is 13.2 Å². The van der Waals surface area contributed by atoms with Crippen LogP contribution in [0.25, 0.3) is 0 Å². The zero-order chi connectivity index (χ0) is 12.7. The van der Waals surface area contributed by atoms with Crippen molar-refractivity contribution in [3.63, 3.8) is 0 Å². The molecular formula is C10H12F3NO2S. The van der Waals surface area contributed by atoms with Crippen LogP contribution in [-0.2, 0) is 6.18 Å². The molecule has 0 spiro atoms. The number of aromatic nitrogens is 1. The molecule has 7 heteroatoms. The fraction of sp³-hybridized carbons (Fsp3) is 0.700. The zero-order valence-electron chi connectivity index (χ0n) is 8.87. The molecule has 1 aromatic heterocycles. The van der Waals surface area contributed by atoms with Crippen molar-refractivity contribution in [1.29, 1.82) is 0 Å². The van der Waals surface area contributed by atoms with Crippen molar-refractivity contribution in [2.45, 2.75) is 43.6 Å². The first-order chi connectivity index (χ1) is 7.83. The van der Waals surface area contributed by atoms with Crippen molar-refractivity contribution >= 4 is 11.3 Å². The second kappa shape index (κ2) is 4.22. The summed E-state index contributed by atoms with van der Waals surface area (Å²) in [4.78, 5) is 3.30. The summed E-state index contributed by atoms with van der Waals surface area (Å²) < 4.78 is 37.0. The Morgan fingerprint density at radius 1 is 1.35 bits per heavy atom. The maximum atomic E-state index is 12.3. The Balaban J connectivity index is 2.20. The van der Waals surface area contributed by atoms with E-state index < -0.39 is 22.9 Å². The van der Waals surface area contributed by atoms with E-state index in [0.29, 0.717) is 24.2 Å². The van der Waals surface area contributed by atoms with Gasteiger partial charge in [0.25, 0.3) is 0 Å². The highest BCUT2D eigenvalue weighted by molar-refractivity contribution is 7.11. The lowest BCUT2D eigenvalue weighted by Crippen LogP contribution is -2.32. The SMILES string of the molecule is OC(c1cnc(C(F)(F)F)s1)C1(O)CCCC1. The van der Waals surface area contributed by atoms with Crippen molar-refractivity contribution in [2.24, 2.45) is 0 Å². The van der Waals surface area contributed by atoms with Gasteiger partial charge in [0.2, 0.25) is 0 Å². The van der Waals surface area contributed by atoms with Crippen LogP contribution in [0.2, 0.25) is 0 Å². The van der Waals surface area contributed by atoms with Crippen molar-refractivity contribution in [3.8, 4) is 0 Å². The van der Waals surface area contributed by atoms with Gasteiger partial charge in [-0.3, -0.25) is 0 Å². The van der Waals surface area contributed by atoms with E-state index in [1.54, 1.807) is 0 Å². The number of hydrogen-bond acceptors (Lipinski definition) is 4. The van der Waals surface area contributed by atoms with Gasteiger partial charge in [0.1, 0.15) is 6.10 Å². The number of nitrogens with zero attached hydrogens (tertiary/aromatic N) is 1. The minimum atomic E-state index is -4.50. The Morgan fingerprint density at radius 3 is 2.41 bits per heavy atom. The molecule has 96 valence electrons. The fourth-order valence-electron chi connectivity index (χ4n) is 2.07. The number of aliphatic hydroxyl groups excluding tert-OH is 1. The number of alkyl halides is 3. The highest BCUT2D eigenvalue weighted by Crippen LogP contribution is 2.43. The normalized spacial score (nSPS) is 21.7. The van der Waals surface area contributed by atoms with E-state index >= 15 is 0 Å². The molecular weight excluding hydrogens is 255 g/mol. The van der Waals surface area contributed by atoms with Gasteiger partial charge in [0.15, 0.2) is 5.01 Å². The summed E-state index contributed by atoms with van der Waals surface area (Å²) in [5.74, 6) is 0. The van der Waals surface area contributed by atoms with Gasteiger partial charge in [-0.05, 0) is 12.8 Å². The lowest BCUT2D eigenvalue weighted by Gasteiger charge is -2.27. The molecule has 0 aliphatic heterocycles. The number of aliphatic hydroxyl groups is 2. The quantitative estimate of drug-likeness (QED) is 0.865. The predicted molar refractivity (Wildman–Crippen MR) is 55.5 cm³/mol. The van der Waals surface area contributed by atoms with E-state index in [2.05, 4.69) is 4.98 Å². The van der Waals surface area contributed by atoms with Crippen molar-refractivity contribution in [2.75, 3.05) is 0 Å². The number of rotatable bonds is 2. The van der Waals surface area contributed by atoms with Crippen LogP contribution in [0.1, 0.15) is 41.7 Å². The number of hydrogen-bond donors (Lipinski definition) is 2.